The van der Waals surface area contributed by atoms with E-state index in [1.807, 2.05) is 6.07 Å². The van der Waals surface area contributed by atoms with Crippen molar-refractivity contribution in [3.63, 3.8) is 0 Å². The van der Waals surface area contributed by atoms with Crippen molar-refractivity contribution >= 4 is 17.5 Å². The van der Waals surface area contributed by atoms with Crippen LogP contribution in [0, 0.1) is 0 Å². The molecule has 2 heterocycles. The summed E-state index contributed by atoms with van der Waals surface area (Å²) in [5, 5.41) is 11.9. The van der Waals surface area contributed by atoms with Crippen LogP contribution >= 0.6 is 0 Å². The average molecular weight is 456 g/mol. The molecule has 0 aromatic heterocycles. The maximum absolute atomic E-state index is 14.2. The van der Waals surface area contributed by atoms with Gasteiger partial charge in [0.25, 0.3) is 0 Å². The molecule has 2 unspecified atom stereocenters. The molecule has 0 aliphatic carbocycles. The minimum Gasteiger partial charge on any atom is -0.478 e. The maximum atomic E-state index is 14.2. The molecule has 0 spiro atoms. The Labute approximate surface area is 189 Å². The van der Waals surface area contributed by atoms with Gasteiger partial charge in [0.15, 0.2) is 0 Å². The van der Waals surface area contributed by atoms with E-state index < -0.39 is 24.2 Å². The molecule has 2 aliphatic rings. The molecule has 6 nitrogen and oxygen atoms in total. The Morgan fingerprint density at radius 2 is 2.00 bits per heavy atom. The molecule has 2 atom stereocenters. The Kier molecular flexibility index (Phi) is 7.03. The minimum absolute atomic E-state index is 0.0635. The number of carboxylic acid groups (broad SMARTS) is 1. The highest BCUT2D eigenvalue weighted by molar-refractivity contribution is 6.06. The van der Waals surface area contributed by atoms with E-state index in [1.54, 1.807) is 36.5 Å². The third-order valence-corrected chi connectivity index (χ3v) is 5.06. The lowest BCUT2D eigenvalue weighted by molar-refractivity contribution is -0.148. The Morgan fingerprint density at radius 1 is 1.30 bits per heavy atom. The molecule has 9 heteroatoms. The summed E-state index contributed by atoms with van der Waals surface area (Å²) in [5.74, 6) is -1.29. The monoisotopic (exact) mass is 456 g/mol. The largest absolute Gasteiger partial charge is 0.478 e. The molecule has 4 N–H and O–H groups in total. The van der Waals surface area contributed by atoms with Crippen LogP contribution in [0.2, 0.25) is 0 Å². The fraction of sp³-hybridized carbons (Fsp3) is 0.167. The highest BCUT2D eigenvalue weighted by Crippen LogP contribution is 2.34. The number of aliphatic carboxylic acids is 1. The van der Waals surface area contributed by atoms with Crippen molar-refractivity contribution in [3.05, 3.63) is 102 Å². The van der Waals surface area contributed by atoms with Crippen molar-refractivity contribution in [2.45, 2.75) is 25.2 Å². The van der Waals surface area contributed by atoms with Crippen LogP contribution in [0.1, 0.15) is 12.5 Å². The van der Waals surface area contributed by atoms with Crippen molar-refractivity contribution in [1.82, 2.24) is 10.2 Å². The van der Waals surface area contributed by atoms with Gasteiger partial charge in [-0.1, -0.05) is 43.0 Å². The first-order valence-electron chi connectivity index (χ1n) is 10.0. The lowest BCUT2D eigenvalue weighted by Crippen LogP contribution is -2.52. The third kappa shape index (κ3) is 5.32. The molecule has 2 aliphatic heterocycles. The summed E-state index contributed by atoms with van der Waals surface area (Å²) in [5.41, 5.74) is 6.48. The fourth-order valence-electron chi connectivity index (χ4n) is 3.48. The molecule has 0 fully saturated rings. The lowest BCUT2D eigenvalue weighted by atomic mass is 9.97. The molecular formula is C24H23F3N4O2. The standard InChI is InChI=1S/C24H23F3N4O2/c1-15-14-20(17-8-4-3-5-9-17)30-22-19(11-7-13-31(15)22)21(24(25,26)27)29-16(2)18(23(32)33)10-6-12-28/h3-14,16,21,29H,1,28H2,2H3,(H,32,33)/b12-6-,18-10+. The number of benzene rings is 1. The summed E-state index contributed by atoms with van der Waals surface area (Å²) in [6, 6.07) is 5.71. The normalized spacial score (nSPS) is 18.4. The highest BCUT2D eigenvalue weighted by Gasteiger charge is 2.46. The molecule has 3 rings (SSSR count). The molecule has 0 saturated heterocycles. The van der Waals surface area contributed by atoms with Gasteiger partial charge in [-0.3, -0.25) is 5.32 Å². The van der Waals surface area contributed by atoms with Crippen molar-refractivity contribution in [2.24, 2.45) is 10.7 Å². The van der Waals surface area contributed by atoms with Crippen LogP contribution in [0.3, 0.4) is 0 Å². The number of carbonyl (C=O) groups is 1. The third-order valence-electron chi connectivity index (χ3n) is 5.06. The Bertz CT molecular complexity index is 1110. The number of carboxylic acids is 1. The number of aliphatic imine (C=N–C) groups is 1. The molecule has 0 radical (unpaired) electrons. The lowest BCUT2D eigenvalue weighted by Gasteiger charge is -2.35. The first-order valence-corrected chi connectivity index (χ1v) is 10.0. The number of hydrogen-bond acceptors (Lipinski definition) is 5. The first kappa shape index (κ1) is 23.8. The van der Waals surface area contributed by atoms with Crippen LogP contribution in [0.5, 0.6) is 0 Å². The molecule has 172 valence electrons. The zero-order valence-electron chi connectivity index (χ0n) is 17.8. The van der Waals surface area contributed by atoms with Crippen molar-refractivity contribution in [1.29, 1.82) is 0 Å². The van der Waals surface area contributed by atoms with E-state index in [9.17, 15) is 23.1 Å². The Hall–Kier alpha value is -3.85. The van der Waals surface area contributed by atoms with Gasteiger partial charge in [0, 0.05) is 29.1 Å². The summed E-state index contributed by atoms with van der Waals surface area (Å²) in [6.45, 7) is 5.30. The van der Waals surface area contributed by atoms with Crippen LogP contribution < -0.4 is 11.1 Å². The number of halogens is 3. The summed E-state index contributed by atoms with van der Waals surface area (Å²) >= 11 is 0. The van der Waals surface area contributed by atoms with E-state index in [2.05, 4.69) is 16.9 Å². The number of nitrogens with zero attached hydrogens (tertiary/aromatic N) is 2. The van der Waals surface area contributed by atoms with Gasteiger partial charge in [0.05, 0.1) is 11.3 Å². The van der Waals surface area contributed by atoms with E-state index >= 15 is 0 Å². The minimum atomic E-state index is -4.73. The van der Waals surface area contributed by atoms with Gasteiger partial charge in [0.2, 0.25) is 0 Å². The molecule has 0 amide bonds. The number of allylic oxidation sites excluding steroid dienone is 5. The predicted molar refractivity (Wildman–Crippen MR) is 122 cm³/mol. The summed E-state index contributed by atoms with van der Waals surface area (Å²) in [7, 11) is 0. The molecule has 0 saturated carbocycles. The second kappa shape index (κ2) is 9.74. The van der Waals surface area contributed by atoms with Gasteiger partial charge in [0.1, 0.15) is 11.9 Å². The molecule has 1 aromatic rings. The number of rotatable bonds is 7. The van der Waals surface area contributed by atoms with Crippen molar-refractivity contribution in [2.75, 3.05) is 0 Å². The van der Waals surface area contributed by atoms with E-state index in [0.717, 1.165) is 17.8 Å². The maximum Gasteiger partial charge on any atom is 0.408 e. The van der Waals surface area contributed by atoms with Gasteiger partial charge >= 0.3 is 12.1 Å². The number of fused-ring (bicyclic) bond motifs is 1. The van der Waals surface area contributed by atoms with Crippen LogP contribution in [-0.2, 0) is 4.79 Å². The molecule has 1 aromatic carbocycles. The molecule has 33 heavy (non-hydrogen) atoms. The second-order valence-corrected chi connectivity index (χ2v) is 7.33. The summed E-state index contributed by atoms with van der Waals surface area (Å²) < 4.78 is 42.7. The number of nitrogens with one attached hydrogen (secondary N) is 1. The quantitative estimate of drug-likeness (QED) is 0.425. The molecule has 0 bridgehead atoms. The van der Waals surface area contributed by atoms with Gasteiger partial charge in [-0.15, -0.1) is 0 Å². The second-order valence-electron chi connectivity index (χ2n) is 7.33. The van der Waals surface area contributed by atoms with Crippen LogP contribution in [-0.4, -0.2) is 40.1 Å². The van der Waals surface area contributed by atoms with Crippen LogP contribution in [0.4, 0.5) is 13.2 Å². The van der Waals surface area contributed by atoms with Gasteiger partial charge in [-0.2, -0.15) is 13.2 Å². The van der Waals surface area contributed by atoms with Crippen molar-refractivity contribution < 1.29 is 23.1 Å². The Balaban J connectivity index is 2.02. The van der Waals surface area contributed by atoms with Crippen molar-refractivity contribution in [3.8, 4) is 0 Å². The SMILES string of the molecule is C=C1C=C(c2ccccc2)N=C2C(C(NC(C)/C(=C\C=C/N)C(=O)O)C(F)(F)F)=CC=CN12. The van der Waals surface area contributed by atoms with E-state index in [1.165, 1.54) is 30.1 Å². The number of alkyl halides is 3. The number of hydrogen-bond donors (Lipinski definition) is 3. The van der Waals surface area contributed by atoms with Gasteiger partial charge in [-0.25, -0.2) is 9.79 Å². The smallest absolute Gasteiger partial charge is 0.408 e. The topological polar surface area (TPSA) is 90.9 Å². The van der Waals surface area contributed by atoms with E-state index in [-0.39, 0.29) is 17.0 Å². The number of amidine groups is 1. The fourth-order valence-corrected chi connectivity index (χ4v) is 3.48. The first-order chi connectivity index (χ1) is 15.6. The van der Waals surface area contributed by atoms with Crippen LogP contribution in [0.25, 0.3) is 5.70 Å². The van der Waals surface area contributed by atoms with Gasteiger partial charge in [-0.05, 0) is 37.4 Å². The zero-order valence-corrected chi connectivity index (χ0v) is 17.8. The highest BCUT2D eigenvalue weighted by atomic mass is 19.4. The van der Waals surface area contributed by atoms with Crippen LogP contribution in [0.15, 0.2) is 102 Å². The van der Waals surface area contributed by atoms with Gasteiger partial charge < -0.3 is 15.7 Å². The zero-order chi connectivity index (χ0) is 24.2. The Morgan fingerprint density at radius 3 is 2.61 bits per heavy atom. The van der Waals surface area contributed by atoms with E-state index in [4.69, 9.17) is 5.73 Å². The van der Waals surface area contributed by atoms with E-state index in [0.29, 0.717) is 11.4 Å². The summed E-state index contributed by atoms with van der Waals surface area (Å²) in [6.07, 6.45) is 4.83. The predicted octanol–water partition coefficient (Wildman–Crippen LogP) is 4.10. The average Bonchev–Trinajstić information content (AvgIpc) is 2.77. The molecular weight excluding hydrogens is 433 g/mol. The number of nitrogens with two attached hydrogens (primary N) is 1. The summed E-state index contributed by atoms with van der Waals surface area (Å²) in [4.78, 5) is 17.6.